The molecule has 2 aliphatic heterocycles. The second-order valence-electron chi connectivity index (χ2n) is 14.1. The van der Waals surface area contributed by atoms with Gasteiger partial charge in [-0.15, -0.1) is 0 Å². The van der Waals surface area contributed by atoms with E-state index in [1.54, 1.807) is 32.0 Å². The van der Waals surface area contributed by atoms with Gasteiger partial charge in [0.1, 0.15) is 23.6 Å². The summed E-state index contributed by atoms with van der Waals surface area (Å²) in [6.07, 6.45) is 9.76. The van der Waals surface area contributed by atoms with E-state index < -0.39 is 0 Å². The molecule has 1 unspecified atom stereocenters. The number of hydrogen-bond donors (Lipinski definition) is 2. The van der Waals surface area contributed by atoms with Gasteiger partial charge in [0.05, 0.1) is 25.2 Å². The van der Waals surface area contributed by atoms with Crippen molar-refractivity contribution in [3.8, 4) is 22.6 Å². The zero-order chi connectivity index (χ0) is 42.2. The van der Waals surface area contributed by atoms with Crippen LogP contribution in [0.15, 0.2) is 53.6 Å². The number of nitrogens with zero attached hydrogens (tertiary/aromatic N) is 4. The number of fused-ring (bicyclic) bond motifs is 1. The molecule has 13 nitrogen and oxygen atoms in total. The second kappa shape index (κ2) is 22.2. The maximum atomic E-state index is 12.9. The zero-order valence-electron chi connectivity index (χ0n) is 34.9. The van der Waals surface area contributed by atoms with E-state index in [1.807, 2.05) is 70.2 Å². The summed E-state index contributed by atoms with van der Waals surface area (Å²) < 4.78 is 13.5. The standard InChI is InChI=1S/C35H42N4O4.C6H9NO2.C2H6.CH2O2/c1-7-8-24-15-25(9-10-26(24)22-40)23-11-13-39(14-12-23)21-31-32(42-5)16-27(17-33(31)43-6)30-20-38(4)35(41)29-19-36-34(37(2)3)18-28(29)30;1-4-2-3-5(8)7-6(4)9;1-2;2-1-3/h9-10,15-20,22-23H,7-8,11-14,21H2,1-6H3;4H,2-3H2,1H3,(H,7,8,9);1-2H3;1H,(H,2,3). The first-order chi connectivity index (χ1) is 27.4. The van der Waals surface area contributed by atoms with Crippen LogP contribution in [-0.2, 0) is 34.4 Å². The predicted octanol–water partition coefficient (Wildman–Crippen LogP) is 6.61. The van der Waals surface area contributed by atoms with Crippen LogP contribution in [0.3, 0.4) is 0 Å². The van der Waals surface area contributed by atoms with E-state index in [2.05, 4.69) is 34.3 Å². The molecular formula is C44H59N5O8. The summed E-state index contributed by atoms with van der Waals surface area (Å²) in [5.74, 6) is 2.52. The Morgan fingerprint density at radius 2 is 1.60 bits per heavy atom. The van der Waals surface area contributed by atoms with Crippen LogP contribution < -0.4 is 25.2 Å². The van der Waals surface area contributed by atoms with Crippen molar-refractivity contribution < 1.29 is 33.8 Å². The summed E-state index contributed by atoms with van der Waals surface area (Å²) in [4.78, 5) is 62.8. The van der Waals surface area contributed by atoms with Crippen molar-refractivity contribution in [3.63, 3.8) is 0 Å². The summed E-state index contributed by atoms with van der Waals surface area (Å²) in [6, 6.07) is 12.4. The van der Waals surface area contributed by atoms with Gasteiger partial charge in [0.15, 0.2) is 0 Å². The number of aryl methyl sites for hydroxylation is 2. The van der Waals surface area contributed by atoms with Crippen molar-refractivity contribution in [2.45, 2.75) is 78.7 Å². The Kier molecular flexibility index (Phi) is 17.9. The molecule has 0 aliphatic carbocycles. The number of amides is 2. The Balaban J connectivity index is 0.000000531. The zero-order valence-corrected chi connectivity index (χ0v) is 34.9. The topological polar surface area (TPSA) is 160 Å². The number of pyridine rings is 2. The van der Waals surface area contributed by atoms with Gasteiger partial charge in [-0.25, -0.2) is 4.98 Å². The monoisotopic (exact) mass is 785 g/mol. The molecule has 2 saturated heterocycles. The molecule has 4 aromatic rings. The number of methoxy groups -OCH3 is 2. The van der Waals surface area contributed by atoms with Crippen LogP contribution in [0.4, 0.5) is 5.82 Å². The van der Waals surface area contributed by atoms with E-state index in [-0.39, 0.29) is 29.8 Å². The lowest BCUT2D eigenvalue weighted by Crippen LogP contribution is -2.39. The maximum Gasteiger partial charge on any atom is 0.290 e. The number of piperidine rings is 2. The molecule has 2 aliphatic rings. The lowest BCUT2D eigenvalue weighted by atomic mass is 9.87. The molecule has 1 atom stereocenters. The summed E-state index contributed by atoms with van der Waals surface area (Å²) in [6.45, 7) is 10.4. The third-order valence-corrected chi connectivity index (χ3v) is 10.2. The van der Waals surface area contributed by atoms with E-state index in [4.69, 9.17) is 19.4 Å². The largest absolute Gasteiger partial charge is 0.496 e. The average Bonchev–Trinajstić information content (AvgIpc) is 3.22. The number of anilines is 1. The van der Waals surface area contributed by atoms with Crippen molar-refractivity contribution in [1.29, 1.82) is 0 Å². The van der Waals surface area contributed by atoms with Gasteiger partial charge < -0.3 is 24.0 Å². The number of rotatable bonds is 10. The van der Waals surface area contributed by atoms with Crippen molar-refractivity contribution in [2.24, 2.45) is 13.0 Å². The fourth-order valence-corrected chi connectivity index (χ4v) is 7.05. The minimum Gasteiger partial charge on any atom is -0.496 e. The van der Waals surface area contributed by atoms with Crippen LogP contribution in [0.2, 0.25) is 0 Å². The molecule has 0 saturated carbocycles. The summed E-state index contributed by atoms with van der Waals surface area (Å²) in [5, 5.41) is 10.5. The number of imide groups is 1. The highest BCUT2D eigenvalue weighted by Crippen LogP contribution is 2.39. The normalized spacial score (nSPS) is 15.4. The third kappa shape index (κ3) is 11.7. The average molecular weight is 786 g/mol. The highest BCUT2D eigenvalue weighted by molar-refractivity contribution is 5.98. The molecule has 2 aromatic carbocycles. The van der Waals surface area contributed by atoms with Crippen LogP contribution in [0.5, 0.6) is 11.5 Å². The number of carbonyl (C=O) groups is 4. The number of benzene rings is 2. The van der Waals surface area contributed by atoms with Crippen LogP contribution in [0.25, 0.3) is 21.9 Å². The molecule has 13 heteroatoms. The minimum atomic E-state index is -0.250. The highest BCUT2D eigenvalue weighted by atomic mass is 16.5. The summed E-state index contributed by atoms with van der Waals surface area (Å²) in [7, 11) is 9.02. The molecule has 6 rings (SSSR count). The van der Waals surface area contributed by atoms with Crippen LogP contribution >= 0.6 is 0 Å². The van der Waals surface area contributed by atoms with Gasteiger partial charge >= 0.3 is 0 Å². The Bertz CT molecular complexity index is 2030. The first-order valence-corrected chi connectivity index (χ1v) is 19.5. The number of carbonyl (C=O) groups excluding carboxylic acids is 3. The highest BCUT2D eigenvalue weighted by Gasteiger charge is 2.25. The Labute approximate surface area is 336 Å². The molecule has 2 fully saturated rings. The Morgan fingerprint density at radius 1 is 0.965 bits per heavy atom. The second-order valence-corrected chi connectivity index (χ2v) is 14.1. The smallest absolute Gasteiger partial charge is 0.290 e. The van der Waals surface area contributed by atoms with Gasteiger partial charge in [-0.05, 0) is 79.6 Å². The first-order valence-electron chi connectivity index (χ1n) is 19.5. The third-order valence-electron chi connectivity index (χ3n) is 10.2. The number of aldehydes is 1. The molecule has 4 heterocycles. The minimum absolute atomic E-state index is 0.0164. The molecular weight excluding hydrogens is 727 g/mol. The van der Waals surface area contributed by atoms with E-state index >= 15 is 0 Å². The van der Waals surface area contributed by atoms with Crippen LogP contribution in [0, 0.1) is 5.92 Å². The fraction of sp³-hybridized carbons (Fsp3) is 0.455. The van der Waals surface area contributed by atoms with E-state index in [9.17, 15) is 19.2 Å². The Morgan fingerprint density at radius 3 is 2.12 bits per heavy atom. The van der Waals surface area contributed by atoms with E-state index in [0.717, 1.165) is 95.6 Å². The van der Waals surface area contributed by atoms with E-state index in [0.29, 0.717) is 30.7 Å². The van der Waals surface area contributed by atoms with Crippen molar-refractivity contribution in [1.82, 2.24) is 19.8 Å². The van der Waals surface area contributed by atoms with Gasteiger partial charge in [0, 0.05) is 68.9 Å². The fourth-order valence-electron chi connectivity index (χ4n) is 7.05. The molecule has 57 heavy (non-hydrogen) atoms. The number of nitrogens with one attached hydrogen (secondary N) is 1. The molecule has 0 bridgehead atoms. The lowest BCUT2D eigenvalue weighted by Gasteiger charge is -2.33. The molecule has 2 N–H and O–H groups in total. The van der Waals surface area contributed by atoms with Crippen molar-refractivity contribution in [2.75, 3.05) is 46.3 Å². The molecule has 2 amide bonds. The van der Waals surface area contributed by atoms with Gasteiger partial charge in [0.25, 0.3) is 12.0 Å². The summed E-state index contributed by atoms with van der Waals surface area (Å²) >= 11 is 0. The molecule has 2 aromatic heterocycles. The van der Waals surface area contributed by atoms with Gasteiger partial charge in [-0.2, -0.15) is 0 Å². The van der Waals surface area contributed by atoms with Crippen LogP contribution in [-0.4, -0.2) is 85.5 Å². The van der Waals surface area contributed by atoms with Gasteiger partial charge in [0.2, 0.25) is 11.8 Å². The summed E-state index contributed by atoms with van der Waals surface area (Å²) in [5.41, 5.74) is 6.06. The first kappa shape index (κ1) is 45.8. The molecule has 0 radical (unpaired) electrons. The van der Waals surface area contributed by atoms with Crippen molar-refractivity contribution in [3.05, 3.63) is 81.4 Å². The molecule has 0 spiro atoms. The van der Waals surface area contributed by atoms with E-state index in [1.165, 1.54) is 5.56 Å². The number of carboxylic acid groups (broad SMARTS) is 1. The predicted molar refractivity (Wildman–Crippen MR) is 225 cm³/mol. The SMILES string of the molecule is CC.CC1CCC(=O)NC1=O.CCCc1cc(C2CCN(Cc3c(OC)cc(-c4cn(C)c(=O)c5cnc(N(C)C)cc45)cc3OC)CC2)ccc1C=O.O=CO. The maximum absolute atomic E-state index is 12.9. The van der Waals surface area contributed by atoms with Crippen LogP contribution in [0.1, 0.15) is 92.8 Å². The molecule has 308 valence electrons. The van der Waals surface area contributed by atoms with Crippen molar-refractivity contribution >= 4 is 41.2 Å². The lowest BCUT2D eigenvalue weighted by molar-refractivity contribution is -0.135. The van der Waals surface area contributed by atoms with Gasteiger partial charge in [-0.1, -0.05) is 52.3 Å². The number of aromatic nitrogens is 2. The quantitative estimate of drug-likeness (QED) is 0.132. The van der Waals surface area contributed by atoms with Gasteiger partial charge in [-0.3, -0.25) is 34.2 Å². The number of ether oxygens (including phenoxy) is 2. The Hall–Kier alpha value is -5.56. The number of hydrogen-bond acceptors (Lipinski definition) is 10. The number of likely N-dealkylation sites (tertiary alicyclic amines) is 1.